The molecule has 4 heteroatoms. The fourth-order valence-electron chi connectivity index (χ4n) is 2.31. The first-order valence-corrected chi connectivity index (χ1v) is 5.35. The summed E-state index contributed by atoms with van der Waals surface area (Å²) in [7, 11) is 0. The van der Waals surface area contributed by atoms with Gasteiger partial charge in [0.05, 0.1) is 12.6 Å². The summed E-state index contributed by atoms with van der Waals surface area (Å²) >= 11 is 0. The van der Waals surface area contributed by atoms with Gasteiger partial charge in [-0.1, -0.05) is 13.3 Å². The Labute approximate surface area is 83.8 Å². The fourth-order valence-corrected chi connectivity index (χ4v) is 2.31. The average Bonchev–Trinajstić information content (AvgIpc) is 2.61. The lowest BCUT2D eigenvalue weighted by molar-refractivity contribution is -0.241. The van der Waals surface area contributed by atoms with Crippen LogP contribution in [0.5, 0.6) is 0 Å². The molecular weight excluding hydrogens is 182 g/mol. The lowest BCUT2D eigenvalue weighted by atomic mass is 10.1. The third kappa shape index (κ3) is 1.42. The molecule has 2 heterocycles. The van der Waals surface area contributed by atoms with Crippen LogP contribution in [0, 0.1) is 0 Å². The Morgan fingerprint density at radius 3 is 3.21 bits per heavy atom. The number of ether oxygens (including phenoxy) is 1. The first-order valence-electron chi connectivity index (χ1n) is 5.35. The maximum Gasteiger partial charge on any atom is 0.283 e. The van der Waals surface area contributed by atoms with Crippen molar-refractivity contribution in [2.24, 2.45) is 0 Å². The number of rotatable bonds is 2. The molecule has 2 unspecified atom stereocenters. The summed E-state index contributed by atoms with van der Waals surface area (Å²) in [5.74, 6) is -1.76. The highest BCUT2D eigenvalue weighted by molar-refractivity contribution is 5.84. The lowest BCUT2D eigenvalue weighted by Gasteiger charge is -2.39. The van der Waals surface area contributed by atoms with Crippen molar-refractivity contribution in [1.82, 2.24) is 4.90 Å². The monoisotopic (exact) mass is 199 g/mol. The Morgan fingerprint density at radius 2 is 2.50 bits per heavy atom. The van der Waals surface area contributed by atoms with Crippen LogP contribution in [0.25, 0.3) is 0 Å². The van der Waals surface area contributed by atoms with E-state index in [1.54, 1.807) is 4.90 Å². The van der Waals surface area contributed by atoms with E-state index in [1.807, 2.05) is 6.92 Å². The van der Waals surface area contributed by atoms with Crippen LogP contribution in [0.4, 0.5) is 0 Å². The predicted molar refractivity (Wildman–Crippen MR) is 50.5 cm³/mol. The summed E-state index contributed by atoms with van der Waals surface area (Å²) in [6.07, 6.45) is 3.19. The molecule has 0 aromatic rings. The van der Waals surface area contributed by atoms with Crippen LogP contribution < -0.4 is 0 Å². The van der Waals surface area contributed by atoms with E-state index in [-0.39, 0.29) is 11.9 Å². The Kier molecular flexibility index (Phi) is 2.49. The topological polar surface area (TPSA) is 49.8 Å². The third-order valence-electron chi connectivity index (χ3n) is 3.08. The van der Waals surface area contributed by atoms with Gasteiger partial charge in [0.15, 0.2) is 0 Å². The smallest absolute Gasteiger partial charge is 0.283 e. The molecule has 2 fully saturated rings. The summed E-state index contributed by atoms with van der Waals surface area (Å²) in [4.78, 5) is 13.6. The highest BCUT2D eigenvalue weighted by atomic mass is 16.6. The zero-order valence-electron chi connectivity index (χ0n) is 8.53. The molecule has 0 aromatic heterocycles. The number of carbonyl (C=O) groups excluding carboxylic acids is 1. The second-order valence-electron chi connectivity index (χ2n) is 4.14. The van der Waals surface area contributed by atoms with Crippen molar-refractivity contribution in [3.05, 3.63) is 0 Å². The van der Waals surface area contributed by atoms with E-state index >= 15 is 0 Å². The van der Waals surface area contributed by atoms with E-state index in [4.69, 9.17) is 4.74 Å². The SMILES string of the molecule is CCCC1(O)OCC2CCCN2C1=O. The number of nitrogens with zero attached hydrogens (tertiary/aromatic N) is 1. The molecule has 0 aromatic carbocycles. The minimum Gasteiger partial charge on any atom is -0.358 e. The molecule has 2 aliphatic heterocycles. The number of morpholine rings is 1. The third-order valence-corrected chi connectivity index (χ3v) is 3.08. The molecule has 0 bridgehead atoms. The second kappa shape index (κ2) is 3.51. The molecule has 2 atom stereocenters. The minimum atomic E-state index is -1.53. The summed E-state index contributed by atoms with van der Waals surface area (Å²) in [6, 6.07) is 0.208. The van der Waals surface area contributed by atoms with Crippen molar-refractivity contribution in [2.45, 2.75) is 44.4 Å². The maximum atomic E-state index is 11.9. The van der Waals surface area contributed by atoms with Gasteiger partial charge < -0.3 is 14.7 Å². The number of hydrogen-bond donors (Lipinski definition) is 1. The molecule has 80 valence electrons. The summed E-state index contributed by atoms with van der Waals surface area (Å²) in [6.45, 7) is 3.20. The second-order valence-corrected chi connectivity index (χ2v) is 4.14. The highest BCUT2D eigenvalue weighted by Gasteiger charge is 2.47. The van der Waals surface area contributed by atoms with E-state index in [0.29, 0.717) is 13.0 Å². The van der Waals surface area contributed by atoms with Crippen LogP contribution in [0.2, 0.25) is 0 Å². The fraction of sp³-hybridized carbons (Fsp3) is 0.900. The van der Waals surface area contributed by atoms with Crippen molar-refractivity contribution in [2.75, 3.05) is 13.2 Å². The van der Waals surface area contributed by atoms with Crippen LogP contribution in [0.15, 0.2) is 0 Å². The normalized spacial score (nSPS) is 37.4. The molecule has 14 heavy (non-hydrogen) atoms. The quantitative estimate of drug-likeness (QED) is 0.704. The van der Waals surface area contributed by atoms with Crippen molar-refractivity contribution in [3.8, 4) is 0 Å². The van der Waals surface area contributed by atoms with Crippen LogP contribution in [0.3, 0.4) is 0 Å². The van der Waals surface area contributed by atoms with E-state index < -0.39 is 5.79 Å². The van der Waals surface area contributed by atoms with Gasteiger partial charge >= 0.3 is 0 Å². The molecule has 1 N–H and O–H groups in total. The lowest BCUT2D eigenvalue weighted by Crippen LogP contribution is -2.58. The van der Waals surface area contributed by atoms with Crippen LogP contribution >= 0.6 is 0 Å². The van der Waals surface area contributed by atoms with Crippen molar-refractivity contribution in [1.29, 1.82) is 0 Å². The van der Waals surface area contributed by atoms with E-state index in [2.05, 4.69) is 0 Å². The largest absolute Gasteiger partial charge is 0.358 e. The van der Waals surface area contributed by atoms with E-state index in [0.717, 1.165) is 25.8 Å². The number of aliphatic hydroxyl groups is 1. The summed E-state index contributed by atoms with van der Waals surface area (Å²) in [5.41, 5.74) is 0. The Bertz CT molecular complexity index is 244. The predicted octanol–water partition coefficient (Wildman–Crippen LogP) is 0.496. The minimum absolute atomic E-state index is 0.208. The summed E-state index contributed by atoms with van der Waals surface area (Å²) < 4.78 is 5.30. The molecule has 4 nitrogen and oxygen atoms in total. The molecule has 0 spiro atoms. The number of fused-ring (bicyclic) bond motifs is 1. The summed E-state index contributed by atoms with van der Waals surface area (Å²) in [5, 5.41) is 9.97. The molecule has 2 aliphatic rings. The Morgan fingerprint density at radius 1 is 1.71 bits per heavy atom. The molecular formula is C10H17NO3. The average molecular weight is 199 g/mol. The first-order chi connectivity index (χ1) is 6.67. The van der Waals surface area contributed by atoms with Gasteiger partial charge in [-0.3, -0.25) is 4.79 Å². The van der Waals surface area contributed by atoms with Crippen LogP contribution in [-0.2, 0) is 9.53 Å². The van der Waals surface area contributed by atoms with Gasteiger partial charge in [0, 0.05) is 13.0 Å². The maximum absolute atomic E-state index is 11.9. The molecule has 2 saturated heterocycles. The number of amides is 1. The standard InChI is InChI=1S/C10H17NO3/c1-2-5-10(13)9(12)11-6-3-4-8(11)7-14-10/h8,13H,2-7H2,1H3. The van der Waals surface area contributed by atoms with Crippen molar-refractivity contribution < 1.29 is 14.6 Å². The van der Waals surface area contributed by atoms with Crippen LogP contribution in [-0.4, -0.2) is 40.9 Å². The highest BCUT2D eigenvalue weighted by Crippen LogP contribution is 2.30. The first kappa shape index (κ1) is 9.93. The molecule has 2 rings (SSSR count). The Hall–Kier alpha value is -0.610. The zero-order valence-corrected chi connectivity index (χ0v) is 8.53. The van der Waals surface area contributed by atoms with E-state index in [9.17, 15) is 9.90 Å². The van der Waals surface area contributed by atoms with Crippen LogP contribution in [0.1, 0.15) is 32.6 Å². The van der Waals surface area contributed by atoms with Gasteiger partial charge in [-0.2, -0.15) is 0 Å². The number of carbonyl (C=O) groups is 1. The van der Waals surface area contributed by atoms with Crippen molar-refractivity contribution in [3.63, 3.8) is 0 Å². The van der Waals surface area contributed by atoms with Crippen molar-refractivity contribution >= 4 is 5.91 Å². The van der Waals surface area contributed by atoms with Gasteiger partial charge in [-0.25, -0.2) is 0 Å². The van der Waals surface area contributed by atoms with Gasteiger partial charge in [0.1, 0.15) is 0 Å². The zero-order chi connectivity index (χ0) is 10.2. The molecule has 1 amide bonds. The molecule has 0 aliphatic carbocycles. The van der Waals surface area contributed by atoms with Gasteiger partial charge in [-0.15, -0.1) is 0 Å². The Balaban J connectivity index is 2.12. The molecule has 0 saturated carbocycles. The van der Waals surface area contributed by atoms with Gasteiger partial charge in [0.2, 0.25) is 5.79 Å². The van der Waals surface area contributed by atoms with E-state index in [1.165, 1.54) is 0 Å². The molecule has 0 radical (unpaired) electrons. The van der Waals surface area contributed by atoms with Gasteiger partial charge in [0.25, 0.3) is 5.91 Å². The van der Waals surface area contributed by atoms with Gasteiger partial charge in [-0.05, 0) is 12.8 Å². The number of hydrogen-bond acceptors (Lipinski definition) is 3.